The van der Waals surface area contributed by atoms with Crippen molar-refractivity contribution in [2.75, 3.05) is 11.9 Å². The summed E-state index contributed by atoms with van der Waals surface area (Å²) in [5.74, 6) is -1.78. The summed E-state index contributed by atoms with van der Waals surface area (Å²) < 4.78 is 6.39. The third-order valence-corrected chi connectivity index (χ3v) is 5.22. The van der Waals surface area contributed by atoms with E-state index in [0.29, 0.717) is 12.5 Å². The maximum atomic E-state index is 12.9. The van der Waals surface area contributed by atoms with Gasteiger partial charge in [0.15, 0.2) is 0 Å². The summed E-state index contributed by atoms with van der Waals surface area (Å²) in [4.78, 5) is 61.0. The number of hydrogen-bond acceptors (Lipinski definition) is 6. The highest BCUT2D eigenvalue weighted by Crippen LogP contribution is 2.10. The number of carbonyl (C=O) groups is 4. The number of aliphatic carboxylic acids is 1. The van der Waals surface area contributed by atoms with Crippen LogP contribution in [0.25, 0.3) is 0 Å². The zero-order valence-corrected chi connectivity index (χ0v) is 21.6. The first-order valence-corrected chi connectivity index (χ1v) is 12.0. The number of rotatable bonds is 13. The fraction of sp³-hybridized carbons (Fsp3) is 0.560. The average Bonchev–Trinajstić information content (AvgIpc) is 2.77. The predicted molar refractivity (Wildman–Crippen MR) is 136 cm³/mol. The molecular weight excluding hydrogens is 468 g/mol. The summed E-state index contributed by atoms with van der Waals surface area (Å²) in [6.07, 6.45) is 5.02. The van der Waals surface area contributed by atoms with Crippen molar-refractivity contribution in [3.63, 3.8) is 0 Å². The molecule has 1 heterocycles. The summed E-state index contributed by atoms with van der Waals surface area (Å²) >= 11 is 0. The Morgan fingerprint density at radius 1 is 1.17 bits per heavy atom. The number of nitrogens with zero attached hydrogens (tertiary/aromatic N) is 1. The molecule has 0 saturated heterocycles. The van der Waals surface area contributed by atoms with Gasteiger partial charge in [-0.1, -0.05) is 32.8 Å². The predicted octanol–water partition coefficient (Wildman–Crippen LogP) is 2.65. The second-order valence-corrected chi connectivity index (χ2v) is 9.35. The van der Waals surface area contributed by atoms with Crippen LogP contribution < -0.4 is 21.5 Å². The number of amides is 3. The number of carboxylic acids is 1. The normalized spacial score (nSPS) is 12.3. The van der Waals surface area contributed by atoms with Crippen LogP contribution in [0.1, 0.15) is 60.3 Å². The largest absolute Gasteiger partial charge is 0.478 e. The topological polar surface area (TPSA) is 156 Å². The van der Waals surface area contributed by atoms with Crippen molar-refractivity contribution in [3.8, 4) is 0 Å². The highest BCUT2D eigenvalue weighted by molar-refractivity contribution is 5.96. The van der Waals surface area contributed by atoms with Crippen molar-refractivity contribution < 1.29 is 29.0 Å². The second-order valence-electron chi connectivity index (χ2n) is 9.35. The minimum atomic E-state index is -1.13. The number of nitrogens with one attached hydrogen (secondary N) is 3. The molecule has 36 heavy (non-hydrogen) atoms. The van der Waals surface area contributed by atoms with Crippen molar-refractivity contribution >= 4 is 29.6 Å². The molecule has 1 atom stereocenters. The molecular formula is C25H38N4O7. The lowest BCUT2D eigenvalue weighted by Gasteiger charge is -2.23. The number of alkyl carbamates (subject to hydrolysis) is 1. The molecule has 1 aromatic rings. The number of pyridine rings is 1. The Morgan fingerprint density at radius 3 is 2.42 bits per heavy atom. The minimum Gasteiger partial charge on any atom is -0.478 e. The molecule has 1 unspecified atom stereocenters. The lowest BCUT2D eigenvalue weighted by atomic mass is 10.0. The lowest BCUT2D eigenvalue weighted by molar-refractivity contribution is -0.131. The Morgan fingerprint density at radius 2 is 1.83 bits per heavy atom. The molecule has 1 rings (SSSR count). The van der Waals surface area contributed by atoms with Crippen molar-refractivity contribution in [3.05, 3.63) is 40.8 Å². The molecule has 200 valence electrons. The second kappa shape index (κ2) is 14.7. The molecule has 0 spiro atoms. The van der Waals surface area contributed by atoms with Crippen LogP contribution in [0.4, 0.5) is 10.5 Å². The van der Waals surface area contributed by atoms with Crippen molar-refractivity contribution in [1.82, 2.24) is 15.2 Å². The SMILES string of the molecule is CCC(CC)CNC(=O)Cn1cccc(NC(=O)C(CCC=CC(=O)O)NC(=O)OC(C)(C)C)c1=O. The van der Waals surface area contributed by atoms with Gasteiger partial charge in [-0.05, 0) is 51.7 Å². The smallest absolute Gasteiger partial charge is 0.408 e. The van der Waals surface area contributed by atoms with Crippen LogP contribution in [-0.4, -0.2) is 51.7 Å². The number of ether oxygens (including phenoxy) is 1. The highest BCUT2D eigenvalue weighted by Gasteiger charge is 2.25. The minimum absolute atomic E-state index is 0.0626. The first kappa shape index (κ1) is 30.4. The molecule has 11 nitrogen and oxygen atoms in total. The summed E-state index contributed by atoms with van der Waals surface area (Å²) in [5, 5.41) is 16.5. The number of anilines is 1. The maximum absolute atomic E-state index is 12.9. The molecule has 0 saturated carbocycles. The molecule has 0 radical (unpaired) electrons. The van der Waals surface area contributed by atoms with E-state index in [2.05, 4.69) is 16.0 Å². The van der Waals surface area contributed by atoms with Gasteiger partial charge in [0.1, 0.15) is 23.9 Å². The quantitative estimate of drug-likeness (QED) is 0.300. The molecule has 0 aliphatic carbocycles. The molecule has 0 fully saturated rings. The maximum Gasteiger partial charge on any atom is 0.408 e. The van der Waals surface area contributed by atoms with E-state index in [1.165, 1.54) is 29.0 Å². The van der Waals surface area contributed by atoms with E-state index in [-0.39, 0.29) is 31.0 Å². The first-order valence-electron chi connectivity index (χ1n) is 12.0. The number of hydrogen-bond donors (Lipinski definition) is 4. The van der Waals surface area contributed by atoms with Gasteiger partial charge in [-0.25, -0.2) is 9.59 Å². The Balaban J connectivity index is 2.94. The van der Waals surface area contributed by atoms with Gasteiger partial charge < -0.3 is 30.4 Å². The van der Waals surface area contributed by atoms with E-state index in [4.69, 9.17) is 9.84 Å². The van der Waals surface area contributed by atoms with Crippen molar-refractivity contribution in [2.45, 2.75) is 78.5 Å². The van der Waals surface area contributed by atoms with E-state index in [1.54, 1.807) is 20.8 Å². The summed E-state index contributed by atoms with van der Waals surface area (Å²) in [7, 11) is 0. The van der Waals surface area contributed by atoms with Gasteiger partial charge >= 0.3 is 12.1 Å². The number of aromatic nitrogens is 1. The standard InChI is InChI=1S/C25H38N4O7/c1-6-17(7-2)15-26-20(30)16-29-14-10-12-19(23(29)34)27-22(33)18(11-8-9-13-21(31)32)28-24(35)36-25(3,4)5/h9-10,12-14,17-18H,6-8,11,15-16H2,1-5H3,(H,26,30)(H,27,33)(H,28,35)(H,31,32). The van der Waals surface area contributed by atoms with E-state index in [9.17, 15) is 24.0 Å². The van der Waals surface area contributed by atoms with Crippen LogP contribution in [0.15, 0.2) is 35.3 Å². The van der Waals surface area contributed by atoms with E-state index in [1.807, 2.05) is 13.8 Å². The third-order valence-electron chi connectivity index (χ3n) is 5.22. The molecule has 4 N–H and O–H groups in total. The number of carboxylic acid groups (broad SMARTS) is 1. The van der Waals surface area contributed by atoms with Crippen LogP contribution in [0.2, 0.25) is 0 Å². The van der Waals surface area contributed by atoms with Gasteiger partial charge in [0.2, 0.25) is 11.8 Å². The third kappa shape index (κ3) is 11.7. The summed E-state index contributed by atoms with van der Waals surface area (Å²) in [6, 6.07) is 1.82. The van der Waals surface area contributed by atoms with E-state index >= 15 is 0 Å². The van der Waals surface area contributed by atoms with E-state index < -0.39 is 35.2 Å². The Labute approximate surface area is 211 Å². The highest BCUT2D eigenvalue weighted by atomic mass is 16.6. The number of carbonyl (C=O) groups excluding carboxylic acids is 3. The van der Waals surface area contributed by atoms with Gasteiger partial charge in [0, 0.05) is 18.8 Å². The zero-order valence-electron chi connectivity index (χ0n) is 21.6. The molecule has 1 aromatic heterocycles. The fourth-order valence-corrected chi connectivity index (χ4v) is 3.19. The Bertz CT molecular complexity index is 991. The van der Waals surface area contributed by atoms with Gasteiger partial charge in [-0.15, -0.1) is 0 Å². The Hall–Kier alpha value is -3.63. The molecule has 0 aromatic carbocycles. The molecule has 0 aliphatic rings. The van der Waals surface area contributed by atoms with Gasteiger partial charge in [-0.3, -0.25) is 14.4 Å². The zero-order chi connectivity index (χ0) is 27.3. The molecule has 3 amide bonds. The van der Waals surface area contributed by atoms with Crippen molar-refractivity contribution in [2.24, 2.45) is 5.92 Å². The van der Waals surface area contributed by atoms with Crippen LogP contribution in [0.5, 0.6) is 0 Å². The van der Waals surface area contributed by atoms with Gasteiger partial charge in [0.25, 0.3) is 5.56 Å². The first-order chi connectivity index (χ1) is 16.9. The van der Waals surface area contributed by atoms with Crippen LogP contribution >= 0.6 is 0 Å². The molecule has 0 aliphatic heterocycles. The van der Waals surface area contributed by atoms with E-state index in [0.717, 1.165) is 18.9 Å². The lowest BCUT2D eigenvalue weighted by Crippen LogP contribution is -2.46. The molecule has 0 bridgehead atoms. The average molecular weight is 507 g/mol. The summed E-state index contributed by atoms with van der Waals surface area (Å²) in [5.41, 5.74) is -1.44. The van der Waals surface area contributed by atoms with Crippen LogP contribution in [0.3, 0.4) is 0 Å². The fourth-order valence-electron chi connectivity index (χ4n) is 3.19. The number of allylic oxidation sites excluding steroid dienone is 1. The van der Waals surface area contributed by atoms with Crippen molar-refractivity contribution in [1.29, 1.82) is 0 Å². The monoisotopic (exact) mass is 506 g/mol. The summed E-state index contributed by atoms with van der Waals surface area (Å²) in [6.45, 7) is 9.42. The Kier molecular flexibility index (Phi) is 12.4. The van der Waals surface area contributed by atoms with Gasteiger partial charge in [-0.2, -0.15) is 0 Å². The van der Waals surface area contributed by atoms with Crippen LogP contribution in [0, 0.1) is 5.92 Å². The van der Waals surface area contributed by atoms with Crippen LogP contribution in [-0.2, 0) is 25.7 Å². The molecule has 11 heteroatoms. The van der Waals surface area contributed by atoms with Gasteiger partial charge in [0.05, 0.1) is 0 Å².